The Morgan fingerprint density at radius 3 is 1.00 bits per heavy atom. The van der Waals surface area contributed by atoms with Gasteiger partial charge in [0.05, 0.1) is 6.67 Å². The zero-order valence-corrected chi connectivity index (χ0v) is 6.60. The lowest BCUT2D eigenvalue weighted by atomic mass is 10.2. The summed E-state index contributed by atoms with van der Waals surface area (Å²) in [6.45, 7) is 1.58. The number of hydrogen-bond donors (Lipinski definition) is 0. The molecule has 0 aliphatic rings. The molecule has 0 N–H and O–H groups in total. The van der Waals surface area contributed by atoms with Crippen molar-refractivity contribution in [1.82, 2.24) is 0 Å². The van der Waals surface area contributed by atoms with Crippen molar-refractivity contribution in [2.24, 2.45) is 0 Å². The van der Waals surface area contributed by atoms with Crippen LogP contribution in [0.1, 0.15) is 20.8 Å². The van der Waals surface area contributed by atoms with E-state index in [1.54, 1.807) is 0 Å². The van der Waals surface area contributed by atoms with E-state index in [9.17, 15) is 22.0 Å². The molecule has 0 heterocycles. The lowest BCUT2D eigenvalue weighted by Gasteiger charge is -2.17. The van der Waals surface area contributed by atoms with E-state index in [1.807, 2.05) is 0 Å². The minimum atomic E-state index is -3.90. The van der Waals surface area contributed by atoms with Crippen molar-refractivity contribution in [3.63, 3.8) is 0 Å². The van der Waals surface area contributed by atoms with Gasteiger partial charge in [-0.2, -0.15) is 0 Å². The summed E-state index contributed by atoms with van der Waals surface area (Å²) in [7, 11) is 0. The first-order valence-corrected chi connectivity index (χ1v) is 2.98. The second-order valence-electron chi connectivity index (χ2n) is 2.04. The molecule has 0 aromatic rings. The summed E-state index contributed by atoms with van der Waals surface area (Å²) in [5, 5.41) is 0. The third kappa shape index (κ3) is 7.55. The average Bonchev–Trinajstić information content (AvgIpc) is 1.60. The molecule has 0 unspecified atom stereocenters. The van der Waals surface area contributed by atoms with E-state index in [1.165, 1.54) is 6.92 Å². The van der Waals surface area contributed by atoms with Gasteiger partial charge in [-0.25, -0.2) is 17.6 Å². The van der Waals surface area contributed by atoms with Gasteiger partial charge in [0, 0.05) is 13.8 Å². The second-order valence-corrected chi connectivity index (χ2v) is 2.04. The largest absolute Gasteiger partial charge is 0.307 e. The van der Waals surface area contributed by atoms with Gasteiger partial charge in [-0.3, -0.25) is 4.39 Å². The van der Waals surface area contributed by atoms with Crippen LogP contribution in [0.25, 0.3) is 0 Å². The second kappa shape index (κ2) is 4.51. The van der Waals surface area contributed by atoms with Crippen LogP contribution in [-0.2, 0) is 0 Å². The highest BCUT2D eigenvalue weighted by atomic mass is 19.3. The van der Waals surface area contributed by atoms with E-state index in [4.69, 9.17) is 0 Å². The van der Waals surface area contributed by atoms with Crippen LogP contribution in [0, 0.1) is 0 Å². The molecule has 11 heavy (non-hydrogen) atoms. The van der Waals surface area contributed by atoms with Crippen molar-refractivity contribution in [2.45, 2.75) is 32.6 Å². The molecule has 5 heteroatoms. The van der Waals surface area contributed by atoms with Gasteiger partial charge >= 0.3 is 11.8 Å². The minimum Gasteiger partial charge on any atom is -0.251 e. The standard InChI is InChI=1S/C4H6F4.C2H5F/c1-3(5,6)4(2,7)8;1-2-3/h1-2H3;2H2,1H3. The Kier molecular flexibility index (Phi) is 5.44. The summed E-state index contributed by atoms with van der Waals surface area (Å²) >= 11 is 0. The molecule has 0 radical (unpaired) electrons. The van der Waals surface area contributed by atoms with Gasteiger partial charge in [-0.05, 0) is 6.92 Å². The Hall–Kier alpha value is -0.350. The molecule has 0 spiro atoms. The van der Waals surface area contributed by atoms with Gasteiger partial charge in [-0.15, -0.1) is 0 Å². The van der Waals surface area contributed by atoms with Crippen LogP contribution in [0.4, 0.5) is 22.0 Å². The van der Waals surface area contributed by atoms with Crippen LogP contribution in [0.3, 0.4) is 0 Å². The van der Waals surface area contributed by atoms with Crippen LogP contribution in [0.5, 0.6) is 0 Å². The number of halogens is 5. The normalized spacial score (nSPS) is 12.0. The van der Waals surface area contributed by atoms with Crippen molar-refractivity contribution in [3.8, 4) is 0 Å². The molecular weight excluding hydrogens is 167 g/mol. The van der Waals surface area contributed by atoms with E-state index in [0.29, 0.717) is 0 Å². The van der Waals surface area contributed by atoms with Crippen molar-refractivity contribution < 1.29 is 22.0 Å². The molecule has 0 aromatic heterocycles. The molecule has 0 saturated carbocycles. The Labute approximate surface area is 62.4 Å². The number of rotatable bonds is 1. The molecule has 0 atom stereocenters. The SMILES string of the molecule is CC(F)(F)C(C)(F)F.CCF. The Morgan fingerprint density at radius 1 is 0.909 bits per heavy atom. The molecule has 0 amide bonds. The van der Waals surface area contributed by atoms with Crippen LogP contribution in [0.15, 0.2) is 0 Å². The number of alkyl halides is 5. The first-order chi connectivity index (χ1) is 4.66. The van der Waals surface area contributed by atoms with Crippen LogP contribution < -0.4 is 0 Å². The van der Waals surface area contributed by atoms with Gasteiger partial charge in [0.2, 0.25) is 0 Å². The first kappa shape index (κ1) is 13.3. The predicted octanol–water partition coefficient (Wildman–Crippen LogP) is 3.27. The van der Waals surface area contributed by atoms with Crippen molar-refractivity contribution in [2.75, 3.05) is 6.67 Å². The summed E-state index contributed by atoms with van der Waals surface area (Å²) in [5.74, 6) is -7.79. The van der Waals surface area contributed by atoms with Gasteiger partial charge in [0.15, 0.2) is 0 Å². The molecule has 0 rings (SSSR count). The maximum absolute atomic E-state index is 11.5. The summed E-state index contributed by atoms with van der Waals surface area (Å²) in [6, 6.07) is 0. The third-order valence-electron chi connectivity index (χ3n) is 0.771. The molecular formula is C6H11F5. The third-order valence-corrected chi connectivity index (χ3v) is 0.771. The topological polar surface area (TPSA) is 0 Å². The fourth-order valence-corrected chi connectivity index (χ4v) is 0. The molecule has 70 valence electrons. The summed E-state index contributed by atoms with van der Waals surface area (Å²) in [4.78, 5) is 0. The highest BCUT2D eigenvalue weighted by Gasteiger charge is 2.47. The van der Waals surface area contributed by atoms with E-state index in [0.717, 1.165) is 0 Å². The summed E-state index contributed by atoms with van der Waals surface area (Å²) in [6.07, 6.45) is 0. The smallest absolute Gasteiger partial charge is 0.251 e. The fourth-order valence-electron chi connectivity index (χ4n) is 0. The van der Waals surface area contributed by atoms with Crippen LogP contribution in [0.2, 0.25) is 0 Å². The zero-order valence-electron chi connectivity index (χ0n) is 6.60. The maximum Gasteiger partial charge on any atom is 0.307 e. The monoisotopic (exact) mass is 178 g/mol. The van der Waals surface area contributed by atoms with Crippen LogP contribution >= 0.6 is 0 Å². The van der Waals surface area contributed by atoms with E-state index < -0.39 is 11.8 Å². The van der Waals surface area contributed by atoms with Gasteiger partial charge in [0.25, 0.3) is 0 Å². The molecule has 0 saturated heterocycles. The first-order valence-electron chi connectivity index (χ1n) is 2.98. The van der Waals surface area contributed by atoms with E-state index >= 15 is 0 Å². The Bertz CT molecular complexity index is 76.1. The molecule has 0 bridgehead atoms. The summed E-state index contributed by atoms with van der Waals surface area (Å²) < 4.78 is 56.2. The molecule has 0 aromatic carbocycles. The van der Waals surface area contributed by atoms with E-state index in [-0.39, 0.29) is 20.5 Å². The van der Waals surface area contributed by atoms with Crippen LogP contribution in [-0.4, -0.2) is 18.5 Å². The number of hydrogen-bond acceptors (Lipinski definition) is 0. The molecule has 0 fully saturated rings. The zero-order chi connectivity index (χ0) is 9.71. The van der Waals surface area contributed by atoms with E-state index in [2.05, 4.69) is 0 Å². The van der Waals surface area contributed by atoms with Crippen molar-refractivity contribution >= 4 is 0 Å². The lowest BCUT2D eigenvalue weighted by Crippen LogP contribution is -2.33. The van der Waals surface area contributed by atoms with Gasteiger partial charge in [0.1, 0.15) is 0 Å². The lowest BCUT2D eigenvalue weighted by molar-refractivity contribution is -0.185. The Morgan fingerprint density at radius 2 is 1.00 bits per heavy atom. The predicted molar refractivity (Wildman–Crippen MR) is 32.9 cm³/mol. The highest BCUT2D eigenvalue weighted by Crippen LogP contribution is 2.32. The average molecular weight is 178 g/mol. The van der Waals surface area contributed by atoms with Gasteiger partial charge in [-0.1, -0.05) is 0 Å². The Balaban J connectivity index is 0. The van der Waals surface area contributed by atoms with Gasteiger partial charge < -0.3 is 0 Å². The highest BCUT2D eigenvalue weighted by molar-refractivity contribution is 4.73. The van der Waals surface area contributed by atoms with Crippen molar-refractivity contribution in [3.05, 3.63) is 0 Å². The molecule has 0 aliphatic heterocycles. The molecule has 0 nitrogen and oxygen atoms in total. The summed E-state index contributed by atoms with van der Waals surface area (Å²) in [5.41, 5.74) is 0. The fraction of sp³-hybridized carbons (Fsp3) is 1.00. The van der Waals surface area contributed by atoms with Crippen molar-refractivity contribution in [1.29, 1.82) is 0 Å². The minimum absolute atomic E-state index is 0.188. The quantitative estimate of drug-likeness (QED) is 0.540. The molecule has 0 aliphatic carbocycles. The maximum atomic E-state index is 11.5.